The Kier molecular flexibility index (Phi) is 4.49. The summed E-state index contributed by atoms with van der Waals surface area (Å²) in [5, 5.41) is 5.47. The van der Waals surface area contributed by atoms with E-state index in [-0.39, 0.29) is 0 Å². The number of hydrogen-bond acceptors (Lipinski definition) is 2. The standard InChI is InChI=1S/C17H25NS/c1-2-11-18-17-15-10-6-3-7-13(15)12-16(17)19-14-8-4-5-9-14/h3,6-7,10,14,16-18H,2,4-5,8-9,11-12H2,1H3. The van der Waals surface area contributed by atoms with Crippen LogP contribution in [0.25, 0.3) is 0 Å². The third-order valence-electron chi connectivity index (χ3n) is 4.47. The molecular weight excluding hydrogens is 250 g/mol. The van der Waals surface area contributed by atoms with Gasteiger partial charge in [-0.05, 0) is 43.4 Å². The molecule has 0 radical (unpaired) electrons. The molecule has 0 saturated heterocycles. The molecule has 1 nitrogen and oxygen atoms in total. The first kappa shape index (κ1) is 13.5. The van der Waals surface area contributed by atoms with Gasteiger partial charge < -0.3 is 5.32 Å². The van der Waals surface area contributed by atoms with E-state index in [0.29, 0.717) is 6.04 Å². The minimum Gasteiger partial charge on any atom is -0.309 e. The molecule has 19 heavy (non-hydrogen) atoms. The van der Waals surface area contributed by atoms with Crippen LogP contribution in [0.15, 0.2) is 24.3 Å². The molecule has 1 saturated carbocycles. The smallest absolute Gasteiger partial charge is 0.0446 e. The van der Waals surface area contributed by atoms with Crippen molar-refractivity contribution in [2.75, 3.05) is 6.54 Å². The topological polar surface area (TPSA) is 12.0 Å². The maximum absolute atomic E-state index is 3.79. The average Bonchev–Trinajstić information content (AvgIpc) is 3.04. The molecule has 1 aromatic rings. The highest BCUT2D eigenvalue weighted by Crippen LogP contribution is 2.43. The molecule has 0 heterocycles. The molecule has 2 unspecified atom stereocenters. The van der Waals surface area contributed by atoms with Crippen LogP contribution in [-0.2, 0) is 6.42 Å². The van der Waals surface area contributed by atoms with Gasteiger partial charge >= 0.3 is 0 Å². The van der Waals surface area contributed by atoms with Crippen LogP contribution < -0.4 is 5.32 Å². The molecule has 1 N–H and O–H groups in total. The maximum atomic E-state index is 3.79. The van der Waals surface area contributed by atoms with Gasteiger partial charge in [-0.25, -0.2) is 0 Å². The second kappa shape index (κ2) is 6.32. The molecule has 2 heteroatoms. The molecule has 2 aliphatic rings. The van der Waals surface area contributed by atoms with E-state index in [4.69, 9.17) is 0 Å². The van der Waals surface area contributed by atoms with Crippen molar-refractivity contribution < 1.29 is 0 Å². The number of rotatable bonds is 5. The van der Waals surface area contributed by atoms with Crippen molar-refractivity contribution in [2.24, 2.45) is 0 Å². The molecule has 1 fully saturated rings. The van der Waals surface area contributed by atoms with E-state index < -0.39 is 0 Å². The number of nitrogens with one attached hydrogen (secondary N) is 1. The lowest BCUT2D eigenvalue weighted by Gasteiger charge is -2.24. The van der Waals surface area contributed by atoms with Gasteiger partial charge in [0.1, 0.15) is 0 Å². The number of hydrogen-bond donors (Lipinski definition) is 1. The highest BCUT2D eigenvalue weighted by Gasteiger charge is 2.34. The van der Waals surface area contributed by atoms with Crippen molar-refractivity contribution in [2.45, 2.75) is 62.0 Å². The summed E-state index contributed by atoms with van der Waals surface area (Å²) in [6.07, 6.45) is 8.27. The molecule has 1 aromatic carbocycles. The molecule has 2 atom stereocenters. The molecular formula is C17H25NS. The predicted octanol–water partition coefficient (Wildman–Crippen LogP) is 4.33. The Morgan fingerprint density at radius 3 is 2.79 bits per heavy atom. The zero-order valence-electron chi connectivity index (χ0n) is 11.9. The number of thioether (sulfide) groups is 1. The van der Waals surface area contributed by atoms with Gasteiger partial charge in [0.05, 0.1) is 0 Å². The minimum atomic E-state index is 0.585. The summed E-state index contributed by atoms with van der Waals surface area (Å²) in [5.41, 5.74) is 3.14. The summed E-state index contributed by atoms with van der Waals surface area (Å²) < 4.78 is 0. The van der Waals surface area contributed by atoms with E-state index in [1.807, 2.05) is 0 Å². The van der Waals surface area contributed by atoms with Gasteiger partial charge in [0, 0.05) is 16.5 Å². The zero-order chi connectivity index (χ0) is 13.1. The SMILES string of the molecule is CCCNC1c2ccccc2CC1SC1CCCC1. The lowest BCUT2D eigenvalue weighted by molar-refractivity contribution is 0.537. The molecule has 0 aliphatic heterocycles. The second-order valence-electron chi connectivity index (χ2n) is 5.92. The summed E-state index contributed by atoms with van der Waals surface area (Å²) in [7, 11) is 0. The Bertz CT molecular complexity index is 411. The van der Waals surface area contributed by atoms with Crippen molar-refractivity contribution in [3.05, 3.63) is 35.4 Å². The van der Waals surface area contributed by atoms with Gasteiger partial charge in [-0.15, -0.1) is 0 Å². The highest BCUT2D eigenvalue weighted by atomic mass is 32.2. The van der Waals surface area contributed by atoms with Gasteiger partial charge in [0.2, 0.25) is 0 Å². The van der Waals surface area contributed by atoms with Crippen LogP contribution >= 0.6 is 11.8 Å². The minimum absolute atomic E-state index is 0.585. The van der Waals surface area contributed by atoms with Gasteiger partial charge in [-0.3, -0.25) is 0 Å². The maximum Gasteiger partial charge on any atom is 0.0446 e. The van der Waals surface area contributed by atoms with E-state index in [1.54, 1.807) is 11.1 Å². The highest BCUT2D eigenvalue weighted by molar-refractivity contribution is 8.00. The zero-order valence-corrected chi connectivity index (χ0v) is 12.7. The van der Waals surface area contributed by atoms with Crippen molar-refractivity contribution >= 4 is 11.8 Å². The fraction of sp³-hybridized carbons (Fsp3) is 0.647. The first-order valence-corrected chi connectivity index (χ1v) is 8.79. The molecule has 3 rings (SSSR count). The summed E-state index contributed by atoms with van der Waals surface area (Å²) in [4.78, 5) is 0. The van der Waals surface area contributed by atoms with Crippen LogP contribution in [0.4, 0.5) is 0 Å². The number of fused-ring (bicyclic) bond motifs is 1. The second-order valence-corrected chi connectivity index (χ2v) is 7.46. The van der Waals surface area contributed by atoms with Crippen molar-refractivity contribution in [3.63, 3.8) is 0 Å². The van der Waals surface area contributed by atoms with Crippen LogP contribution in [0.1, 0.15) is 56.2 Å². The van der Waals surface area contributed by atoms with Crippen LogP contribution in [0.3, 0.4) is 0 Å². The molecule has 0 bridgehead atoms. The van der Waals surface area contributed by atoms with E-state index in [1.165, 1.54) is 38.5 Å². The first-order chi connectivity index (χ1) is 9.38. The summed E-state index contributed by atoms with van der Waals surface area (Å²) in [5.74, 6) is 0. The predicted molar refractivity (Wildman–Crippen MR) is 84.8 cm³/mol. The van der Waals surface area contributed by atoms with Crippen LogP contribution in [0.2, 0.25) is 0 Å². The van der Waals surface area contributed by atoms with E-state index >= 15 is 0 Å². The van der Waals surface area contributed by atoms with Gasteiger partial charge in [-0.1, -0.05) is 44.0 Å². The summed E-state index contributed by atoms with van der Waals surface area (Å²) in [6.45, 7) is 3.40. The van der Waals surface area contributed by atoms with Crippen LogP contribution in [0.5, 0.6) is 0 Å². The quantitative estimate of drug-likeness (QED) is 0.858. The van der Waals surface area contributed by atoms with E-state index in [2.05, 4.69) is 48.3 Å². The van der Waals surface area contributed by atoms with Crippen LogP contribution in [-0.4, -0.2) is 17.0 Å². The molecule has 2 aliphatic carbocycles. The molecule has 0 amide bonds. The van der Waals surface area contributed by atoms with Crippen molar-refractivity contribution in [3.8, 4) is 0 Å². The van der Waals surface area contributed by atoms with Gasteiger partial charge in [-0.2, -0.15) is 11.8 Å². The normalized spacial score (nSPS) is 26.8. The molecule has 0 aromatic heterocycles. The third kappa shape index (κ3) is 3.00. The van der Waals surface area contributed by atoms with Gasteiger partial charge in [0.15, 0.2) is 0 Å². The first-order valence-electron chi connectivity index (χ1n) is 7.85. The largest absolute Gasteiger partial charge is 0.309 e. The lowest BCUT2D eigenvalue weighted by atomic mass is 10.1. The number of benzene rings is 1. The Balaban J connectivity index is 1.72. The van der Waals surface area contributed by atoms with Gasteiger partial charge in [0.25, 0.3) is 0 Å². The molecule has 0 spiro atoms. The summed E-state index contributed by atoms with van der Waals surface area (Å²) in [6, 6.07) is 9.63. The van der Waals surface area contributed by atoms with Crippen molar-refractivity contribution in [1.29, 1.82) is 0 Å². The monoisotopic (exact) mass is 275 g/mol. The fourth-order valence-electron chi connectivity index (χ4n) is 3.50. The van der Waals surface area contributed by atoms with Crippen molar-refractivity contribution in [1.82, 2.24) is 5.32 Å². The van der Waals surface area contributed by atoms with E-state index in [9.17, 15) is 0 Å². The average molecular weight is 275 g/mol. The Morgan fingerprint density at radius 1 is 1.21 bits per heavy atom. The Morgan fingerprint density at radius 2 is 2.00 bits per heavy atom. The Hall–Kier alpha value is -0.470. The van der Waals surface area contributed by atoms with Crippen LogP contribution in [0, 0.1) is 0 Å². The fourth-order valence-corrected chi connectivity index (χ4v) is 5.27. The molecule has 104 valence electrons. The Labute approximate surface area is 121 Å². The lowest BCUT2D eigenvalue weighted by Crippen LogP contribution is -2.28. The summed E-state index contributed by atoms with van der Waals surface area (Å²) >= 11 is 2.27. The van der Waals surface area contributed by atoms with E-state index in [0.717, 1.165) is 17.0 Å². The third-order valence-corrected chi connectivity index (χ3v) is 6.11.